The van der Waals surface area contributed by atoms with Crippen LogP contribution >= 0.6 is 23.1 Å². The van der Waals surface area contributed by atoms with Crippen molar-refractivity contribution in [3.05, 3.63) is 35.6 Å². The fourth-order valence-corrected chi connectivity index (χ4v) is 3.80. The van der Waals surface area contributed by atoms with Crippen molar-refractivity contribution in [2.45, 2.75) is 37.7 Å². The summed E-state index contributed by atoms with van der Waals surface area (Å²) in [4.78, 5) is 20.8. The minimum atomic E-state index is -0.319. The number of thioether (sulfide) groups is 1. The van der Waals surface area contributed by atoms with Crippen molar-refractivity contribution in [3.8, 4) is 11.4 Å². The maximum atomic E-state index is 12.4. The average molecular weight is 374 g/mol. The van der Waals surface area contributed by atoms with Gasteiger partial charge < -0.3 is 9.88 Å². The van der Waals surface area contributed by atoms with Crippen molar-refractivity contribution in [1.29, 1.82) is 0 Å². The molecule has 25 heavy (non-hydrogen) atoms. The number of thiazole rings is 1. The number of hydrogen-bond donors (Lipinski definition) is 1. The molecule has 3 rings (SSSR count). The molecule has 1 atom stereocenters. The van der Waals surface area contributed by atoms with E-state index in [4.69, 9.17) is 0 Å². The molecular formula is C16H18N6OS2. The van der Waals surface area contributed by atoms with Gasteiger partial charge in [0.05, 0.1) is 10.9 Å². The molecule has 0 radical (unpaired) electrons. The number of nitrogens with zero attached hydrogens (tertiary/aromatic N) is 5. The van der Waals surface area contributed by atoms with Gasteiger partial charge in [-0.25, -0.2) is 4.98 Å². The number of aryl methyl sites for hydroxylation is 1. The maximum Gasteiger partial charge on any atom is 0.239 e. The van der Waals surface area contributed by atoms with Crippen LogP contribution in [0.5, 0.6) is 0 Å². The molecule has 0 aliphatic heterocycles. The Morgan fingerprint density at radius 2 is 2.28 bits per heavy atom. The Kier molecular flexibility index (Phi) is 5.44. The molecule has 0 saturated heterocycles. The van der Waals surface area contributed by atoms with E-state index in [2.05, 4.69) is 25.5 Å². The molecule has 9 heteroatoms. The molecule has 0 fully saturated rings. The zero-order valence-corrected chi connectivity index (χ0v) is 15.8. The van der Waals surface area contributed by atoms with Gasteiger partial charge in [-0.3, -0.25) is 9.78 Å². The zero-order valence-electron chi connectivity index (χ0n) is 14.1. The van der Waals surface area contributed by atoms with E-state index in [-0.39, 0.29) is 11.2 Å². The second-order valence-corrected chi connectivity index (χ2v) is 7.50. The van der Waals surface area contributed by atoms with Crippen LogP contribution in [0.15, 0.2) is 35.1 Å². The molecule has 0 spiro atoms. The van der Waals surface area contributed by atoms with Crippen LogP contribution in [0, 0.1) is 6.92 Å². The van der Waals surface area contributed by atoms with Crippen LogP contribution < -0.4 is 5.32 Å². The first-order valence-electron chi connectivity index (χ1n) is 7.81. The number of carbonyl (C=O) groups is 1. The SMILES string of the molecule is CCn1c(SC(C)C(=O)Nc2nc(C)cs2)nnc1-c1cccnc1. The molecule has 3 aromatic heterocycles. The van der Waals surface area contributed by atoms with Gasteiger partial charge in [0.25, 0.3) is 0 Å². The molecule has 1 unspecified atom stereocenters. The smallest absolute Gasteiger partial charge is 0.239 e. The number of nitrogens with one attached hydrogen (secondary N) is 1. The number of rotatable bonds is 6. The highest BCUT2D eigenvalue weighted by Crippen LogP contribution is 2.27. The molecule has 0 aliphatic carbocycles. The molecule has 1 amide bonds. The molecule has 0 saturated carbocycles. The molecule has 0 bridgehead atoms. The summed E-state index contributed by atoms with van der Waals surface area (Å²) in [6.45, 7) is 6.48. The highest BCUT2D eigenvalue weighted by atomic mass is 32.2. The quantitative estimate of drug-likeness (QED) is 0.667. The molecule has 3 heterocycles. The van der Waals surface area contributed by atoms with Gasteiger partial charge in [0, 0.05) is 29.9 Å². The lowest BCUT2D eigenvalue weighted by atomic mass is 10.3. The number of anilines is 1. The van der Waals surface area contributed by atoms with Crippen LogP contribution in [0.25, 0.3) is 11.4 Å². The number of hydrogen-bond acceptors (Lipinski definition) is 7. The van der Waals surface area contributed by atoms with Gasteiger partial charge in [0.1, 0.15) is 0 Å². The standard InChI is InChI=1S/C16H18N6OS2/c1-4-22-13(12-6-5-7-17-8-12)20-21-16(22)25-11(3)14(23)19-15-18-10(2)9-24-15/h5-9,11H,4H2,1-3H3,(H,18,19,23). The number of carbonyl (C=O) groups excluding carboxylic acids is 1. The number of aromatic nitrogens is 5. The van der Waals surface area contributed by atoms with Crippen LogP contribution in [0.1, 0.15) is 19.5 Å². The summed E-state index contributed by atoms with van der Waals surface area (Å²) >= 11 is 2.80. The van der Waals surface area contributed by atoms with E-state index in [9.17, 15) is 4.79 Å². The van der Waals surface area contributed by atoms with Gasteiger partial charge in [-0.2, -0.15) is 0 Å². The van der Waals surface area contributed by atoms with E-state index in [1.54, 1.807) is 12.4 Å². The minimum absolute atomic E-state index is 0.104. The van der Waals surface area contributed by atoms with Gasteiger partial charge in [-0.1, -0.05) is 11.8 Å². The molecule has 1 N–H and O–H groups in total. The first kappa shape index (κ1) is 17.6. The second kappa shape index (κ2) is 7.75. The fourth-order valence-electron chi connectivity index (χ4n) is 2.20. The molecule has 130 valence electrons. The van der Waals surface area contributed by atoms with E-state index in [0.29, 0.717) is 16.8 Å². The molecule has 0 aliphatic rings. The van der Waals surface area contributed by atoms with Crippen molar-refractivity contribution < 1.29 is 4.79 Å². The van der Waals surface area contributed by atoms with E-state index < -0.39 is 0 Å². The van der Waals surface area contributed by atoms with Gasteiger partial charge in [-0.15, -0.1) is 21.5 Å². The Labute approximate surface area is 153 Å². The van der Waals surface area contributed by atoms with Gasteiger partial charge in [0.15, 0.2) is 16.1 Å². The maximum absolute atomic E-state index is 12.4. The van der Waals surface area contributed by atoms with Crippen molar-refractivity contribution in [1.82, 2.24) is 24.7 Å². The third-order valence-electron chi connectivity index (χ3n) is 3.45. The average Bonchev–Trinajstić information content (AvgIpc) is 3.21. The van der Waals surface area contributed by atoms with E-state index >= 15 is 0 Å². The van der Waals surface area contributed by atoms with Crippen LogP contribution in [0.4, 0.5) is 5.13 Å². The molecule has 3 aromatic rings. The Bertz CT molecular complexity index is 861. The van der Waals surface area contributed by atoms with Crippen LogP contribution in [-0.2, 0) is 11.3 Å². The topological polar surface area (TPSA) is 85.6 Å². The highest BCUT2D eigenvalue weighted by Gasteiger charge is 2.21. The summed E-state index contributed by atoms with van der Waals surface area (Å²) in [5, 5.41) is 14.3. The van der Waals surface area contributed by atoms with Crippen LogP contribution in [0.3, 0.4) is 0 Å². The Hall–Kier alpha value is -2.26. The summed E-state index contributed by atoms with van der Waals surface area (Å²) in [5.41, 5.74) is 1.80. The summed E-state index contributed by atoms with van der Waals surface area (Å²) in [6.07, 6.45) is 3.48. The Morgan fingerprint density at radius 1 is 1.44 bits per heavy atom. The lowest BCUT2D eigenvalue weighted by molar-refractivity contribution is -0.115. The van der Waals surface area contributed by atoms with Crippen molar-refractivity contribution in [2.24, 2.45) is 0 Å². The Morgan fingerprint density at radius 3 is 2.92 bits per heavy atom. The predicted molar refractivity (Wildman–Crippen MR) is 99.7 cm³/mol. The molecule has 7 nitrogen and oxygen atoms in total. The third kappa shape index (κ3) is 4.05. The number of pyridine rings is 1. The first-order valence-corrected chi connectivity index (χ1v) is 9.57. The fraction of sp³-hybridized carbons (Fsp3) is 0.312. The van der Waals surface area contributed by atoms with Crippen LogP contribution in [-0.4, -0.2) is 35.9 Å². The monoisotopic (exact) mass is 374 g/mol. The lowest BCUT2D eigenvalue weighted by Crippen LogP contribution is -2.22. The molecular weight excluding hydrogens is 356 g/mol. The van der Waals surface area contributed by atoms with Crippen molar-refractivity contribution in [3.63, 3.8) is 0 Å². The van der Waals surface area contributed by atoms with E-state index in [0.717, 1.165) is 17.1 Å². The summed E-state index contributed by atoms with van der Waals surface area (Å²) in [7, 11) is 0. The normalized spacial score (nSPS) is 12.1. The minimum Gasteiger partial charge on any atom is -0.302 e. The zero-order chi connectivity index (χ0) is 17.8. The summed E-state index contributed by atoms with van der Waals surface area (Å²) in [6, 6.07) is 3.81. The predicted octanol–water partition coefficient (Wildman–Crippen LogP) is 3.24. The van der Waals surface area contributed by atoms with Gasteiger partial charge in [-0.05, 0) is 32.9 Å². The molecule has 0 aromatic carbocycles. The summed E-state index contributed by atoms with van der Waals surface area (Å²) in [5.74, 6) is 0.647. The summed E-state index contributed by atoms with van der Waals surface area (Å²) < 4.78 is 1.99. The highest BCUT2D eigenvalue weighted by molar-refractivity contribution is 8.00. The largest absolute Gasteiger partial charge is 0.302 e. The second-order valence-electron chi connectivity index (χ2n) is 5.34. The lowest BCUT2D eigenvalue weighted by Gasteiger charge is -2.11. The van der Waals surface area contributed by atoms with Crippen molar-refractivity contribution in [2.75, 3.05) is 5.32 Å². The Balaban J connectivity index is 1.74. The number of amides is 1. The third-order valence-corrected chi connectivity index (χ3v) is 5.41. The van der Waals surface area contributed by atoms with Crippen molar-refractivity contribution >= 4 is 34.1 Å². The first-order chi connectivity index (χ1) is 12.1. The van der Waals surface area contributed by atoms with E-state index in [1.807, 2.05) is 42.9 Å². The van der Waals surface area contributed by atoms with Gasteiger partial charge in [0.2, 0.25) is 5.91 Å². The van der Waals surface area contributed by atoms with E-state index in [1.165, 1.54) is 23.1 Å². The van der Waals surface area contributed by atoms with Crippen LogP contribution in [0.2, 0.25) is 0 Å². The van der Waals surface area contributed by atoms with Gasteiger partial charge >= 0.3 is 0 Å².